The Bertz CT molecular complexity index is 505. The highest BCUT2D eigenvalue weighted by Crippen LogP contribution is 2.64. The summed E-state index contributed by atoms with van der Waals surface area (Å²) < 4.78 is 6.97. The lowest BCUT2D eigenvalue weighted by Gasteiger charge is -2.63. The fourth-order valence-electron chi connectivity index (χ4n) is 7.69. The van der Waals surface area contributed by atoms with Crippen LogP contribution in [0.15, 0.2) is 0 Å². The third-order valence-corrected chi connectivity index (χ3v) is 16.0. The molecular weight excluding hydrogens is 360 g/mol. The molecule has 0 spiro atoms. The highest BCUT2D eigenvalue weighted by molar-refractivity contribution is 6.77. The highest BCUT2D eigenvalue weighted by Gasteiger charge is 2.60. The molecule has 5 atom stereocenters. The molecule has 0 aromatic heterocycles. The van der Waals surface area contributed by atoms with Crippen molar-refractivity contribution in [1.82, 2.24) is 0 Å². The lowest BCUT2D eigenvalue weighted by Crippen LogP contribution is -2.60. The first kappa shape index (κ1) is 24.4. The average molecular weight is 411 g/mol. The van der Waals surface area contributed by atoms with E-state index in [1.54, 1.807) is 0 Å². The van der Waals surface area contributed by atoms with Crippen LogP contribution in [0.4, 0.5) is 0 Å². The summed E-state index contributed by atoms with van der Waals surface area (Å²) in [6.07, 6.45) is 6.95. The molecule has 2 saturated carbocycles. The smallest absolute Gasteiger partial charge is 0.200 e. The van der Waals surface area contributed by atoms with Gasteiger partial charge in [0.2, 0.25) is 0 Å². The Labute approximate surface area is 177 Å². The maximum atomic E-state index is 11.3. The van der Waals surface area contributed by atoms with E-state index in [0.29, 0.717) is 28.5 Å². The SMILES string of the molecule is CC(C)[Si](OCC[C@@]1(C)[C@H](C)CC[C@]2(C)[C@@H]1CCCC2(C)O)(C(C)C)C(C)C. The third kappa shape index (κ3) is 3.78. The molecule has 2 aliphatic carbocycles. The maximum Gasteiger partial charge on any atom is 0.200 e. The first-order valence-electron chi connectivity index (χ1n) is 12.1. The van der Waals surface area contributed by atoms with Crippen molar-refractivity contribution in [2.24, 2.45) is 22.7 Å². The second-order valence-electron chi connectivity index (χ2n) is 12.0. The molecular formula is C25H50O2Si. The van der Waals surface area contributed by atoms with Crippen molar-refractivity contribution < 1.29 is 9.53 Å². The van der Waals surface area contributed by atoms with Crippen LogP contribution in [0.5, 0.6) is 0 Å². The predicted octanol–water partition coefficient (Wildman–Crippen LogP) is 7.56. The number of rotatable bonds is 7. The molecule has 2 fully saturated rings. The van der Waals surface area contributed by atoms with Crippen LogP contribution in [0, 0.1) is 22.7 Å². The first-order chi connectivity index (χ1) is 12.8. The normalized spacial score (nSPS) is 39.6. The minimum absolute atomic E-state index is 0.0508. The second kappa shape index (κ2) is 8.34. The van der Waals surface area contributed by atoms with Crippen LogP contribution in [0.25, 0.3) is 0 Å². The quantitative estimate of drug-likeness (QED) is 0.439. The zero-order chi connectivity index (χ0) is 21.5. The second-order valence-corrected chi connectivity index (χ2v) is 17.5. The van der Waals surface area contributed by atoms with E-state index in [4.69, 9.17) is 4.43 Å². The van der Waals surface area contributed by atoms with Gasteiger partial charge >= 0.3 is 0 Å². The predicted molar refractivity (Wildman–Crippen MR) is 124 cm³/mol. The van der Waals surface area contributed by atoms with E-state index < -0.39 is 13.9 Å². The van der Waals surface area contributed by atoms with Gasteiger partial charge in [-0.3, -0.25) is 0 Å². The van der Waals surface area contributed by atoms with Crippen LogP contribution in [0.1, 0.15) is 108 Å². The van der Waals surface area contributed by atoms with Gasteiger partial charge in [-0.2, -0.15) is 0 Å². The van der Waals surface area contributed by atoms with Gasteiger partial charge in [-0.15, -0.1) is 0 Å². The molecule has 0 saturated heterocycles. The third-order valence-electron chi connectivity index (χ3n) is 9.87. The molecule has 0 heterocycles. The fourth-order valence-corrected chi connectivity index (χ4v) is 13.1. The molecule has 1 N–H and O–H groups in total. The van der Waals surface area contributed by atoms with Crippen molar-refractivity contribution in [3.8, 4) is 0 Å². The Hall–Kier alpha value is 0.137. The first-order valence-corrected chi connectivity index (χ1v) is 14.3. The minimum atomic E-state index is -1.81. The van der Waals surface area contributed by atoms with E-state index in [0.717, 1.165) is 19.4 Å². The molecule has 2 nitrogen and oxygen atoms in total. The maximum absolute atomic E-state index is 11.3. The number of hydrogen-bond donors (Lipinski definition) is 1. The number of fused-ring (bicyclic) bond motifs is 1. The van der Waals surface area contributed by atoms with Crippen molar-refractivity contribution in [2.45, 2.75) is 130 Å². The molecule has 0 aliphatic heterocycles. The zero-order valence-corrected chi connectivity index (χ0v) is 21.7. The summed E-state index contributed by atoms with van der Waals surface area (Å²) >= 11 is 0. The lowest BCUT2D eigenvalue weighted by atomic mass is 9.44. The molecule has 0 aromatic carbocycles. The van der Waals surface area contributed by atoms with Crippen molar-refractivity contribution in [2.75, 3.05) is 6.61 Å². The fraction of sp³-hybridized carbons (Fsp3) is 1.00. The number of aliphatic hydroxyl groups is 1. The summed E-state index contributed by atoms with van der Waals surface area (Å²) in [5.74, 6) is 1.31. The molecule has 0 aromatic rings. The van der Waals surface area contributed by atoms with E-state index in [2.05, 4.69) is 69.2 Å². The standard InChI is InChI=1S/C25H50O2Si/c1-18(2)28(19(3)4,20(5)6)27-17-16-23(8)21(7)13-15-24(9)22(23)12-11-14-25(24,10)26/h18-22,26H,11-17H2,1-10H3/t21-,22-,23+,24-,25?/m1/s1. The van der Waals surface area contributed by atoms with Gasteiger partial charge in [-0.05, 0) is 78.3 Å². The lowest BCUT2D eigenvalue weighted by molar-refractivity contribution is -0.193. The Kier molecular flexibility index (Phi) is 7.27. The van der Waals surface area contributed by atoms with Crippen molar-refractivity contribution in [3.05, 3.63) is 0 Å². The van der Waals surface area contributed by atoms with E-state index in [9.17, 15) is 5.11 Å². The summed E-state index contributed by atoms with van der Waals surface area (Å²) in [4.78, 5) is 0. The van der Waals surface area contributed by atoms with E-state index >= 15 is 0 Å². The number of hydrogen-bond acceptors (Lipinski definition) is 2. The van der Waals surface area contributed by atoms with E-state index in [1.165, 1.54) is 25.7 Å². The van der Waals surface area contributed by atoms with Crippen LogP contribution in [-0.2, 0) is 4.43 Å². The average Bonchev–Trinajstić information content (AvgIpc) is 2.56. The van der Waals surface area contributed by atoms with Gasteiger partial charge in [0, 0.05) is 6.61 Å². The topological polar surface area (TPSA) is 29.5 Å². The largest absolute Gasteiger partial charge is 0.416 e. The summed E-state index contributed by atoms with van der Waals surface area (Å²) in [6.45, 7) is 24.7. The van der Waals surface area contributed by atoms with Gasteiger partial charge in [-0.25, -0.2) is 0 Å². The Balaban J connectivity index is 2.23. The van der Waals surface area contributed by atoms with Gasteiger partial charge < -0.3 is 9.53 Å². The molecule has 1 unspecified atom stereocenters. The Morgan fingerprint density at radius 3 is 1.96 bits per heavy atom. The van der Waals surface area contributed by atoms with E-state index in [-0.39, 0.29) is 10.8 Å². The zero-order valence-electron chi connectivity index (χ0n) is 20.7. The molecule has 2 aliphatic rings. The minimum Gasteiger partial charge on any atom is -0.416 e. The van der Waals surface area contributed by atoms with Crippen LogP contribution in [0.3, 0.4) is 0 Å². The Morgan fingerprint density at radius 2 is 1.46 bits per heavy atom. The van der Waals surface area contributed by atoms with Crippen LogP contribution >= 0.6 is 0 Å². The Morgan fingerprint density at radius 1 is 0.929 bits per heavy atom. The van der Waals surface area contributed by atoms with Gasteiger partial charge in [0.1, 0.15) is 0 Å². The summed E-state index contributed by atoms with van der Waals surface area (Å²) in [5, 5.41) is 11.3. The van der Waals surface area contributed by atoms with Crippen LogP contribution in [-0.4, -0.2) is 25.6 Å². The van der Waals surface area contributed by atoms with Crippen molar-refractivity contribution >= 4 is 8.32 Å². The molecule has 0 bridgehead atoms. The summed E-state index contributed by atoms with van der Waals surface area (Å²) in [5.41, 5.74) is 1.72. The monoisotopic (exact) mass is 410 g/mol. The van der Waals surface area contributed by atoms with Gasteiger partial charge in [0.25, 0.3) is 0 Å². The van der Waals surface area contributed by atoms with E-state index in [1.807, 2.05) is 0 Å². The van der Waals surface area contributed by atoms with Crippen molar-refractivity contribution in [1.29, 1.82) is 0 Å². The van der Waals surface area contributed by atoms with Gasteiger partial charge in [0.15, 0.2) is 8.32 Å². The van der Waals surface area contributed by atoms with Gasteiger partial charge in [-0.1, -0.05) is 68.7 Å². The molecule has 3 heteroatoms. The highest BCUT2D eigenvalue weighted by atomic mass is 28.4. The molecule has 0 amide bonds. The summed E-state index contributed by atoms with van der Waals surface area (Å²) in [6, 6.07) is 0. The molecule has 2 rings (SSSR count). The van der Waals surface area contributed by atoms with Crippen molar-refractivity contribution in [3.63, 3.8) is 0 Å². The van der Waals surface area contributed by atoms with Gasteiger partial charge in [0.05, 0.1) is 5.60 Å². The van der Waals surface area contributed by atoms with Crippen LogP contribution in [0.2, 0.25) is 16.6 Å². The summed E-state index contributed by atoms with van der Waals surface area (Å²) in [7, 11) is -1.81. The molecule has 0 radical (unpaired) electrons. The molecule has 28 heavy (non-hydrogen) atoms. The molecule has 166 valence electrons. The van der Waals surface area contributed by atoms with Crippen LogP contribution < -0.4 is 0 Å².